The number of unbranched alkanes of at least 4 members (excludes halogenated alkanes) is 1. The highest BCUT2D eigenvalue weighted by molar-refractivity contribution is 6.05. The minimum absolute atomic E-state index is 0.190. The number of amides is 2. The van der Waals surface area contributed by atoms with Crippen LogP contribution in [0.1, 0.15) is 60.0 Å². The van der Waals surface area contributed by atoms with E-state index in [-0.39, 0.29) is 17.5 Å². The number of hydrogen-bond donors (Lipinski definition) is 2. The summed E-state index contributed by atoms with van der Waals surface area (Å²) in [6, 6.07) is 9.11. The number of pyridine rings is 1. The molecule has 150 valence electrons. The normalized spacial score (nSPS) is 10.4. The van der Waals surface area contributed by atoms with Crippen molar-refractivity contribution in [3.05, 3.63) is 53.3 Å². The highest BCUT2D eigenvalue weighted by Crippen LogP contribution is 2.23. The first kappa shape index (κ1) is 21.4. The molecule has 6 heteroatoms. The molecular weight excluding hydrogens is 352 g/mol. The summed E-state index contributed by atoms with van der Waals surface area (Å²) in [7, 11) is 0. The van der Waals surface area contributed by atoms with Crippen LogP contribution in [0.2, 0.25) is 0 Å². The van der Waals surface area contributed by atoms with Gasteiger partial charge in [-0.1, -0.05) is 13.3 Å². The van der Waals surface area contributed by atoms with E-state index in [1.54, 1.807) is 6.07 Å². The number of anilines is 2. The van der Waals surface area contributed by atoms with Crippen LogP contribution < -0.4 is 15.5 Å². The maximum atomic E-state index is 12.6. The van der Waals surface area contributed by atoms with Gasteiger partial charge in [-0.25, -0.2) is 0 Å². The number of aryl methyl sites for hydroxylation is 1. The van der Waals surface area contributed by atoms with Gasteiger partial charge in [0.05, 0.1) is 0 Å². The Morgan fingerprint density at radius 3 is 2.43 bits per heavy atom. The Balaban J connectivity index is 2.10. The molecule has 0 bridgehead atoms. The molecule has 1 heterocycles. The first-order valence-corrected chi connectivity index (χ1v) is 9.91. The first-order chi connectivity index (χ1) is 13.5. The molecule has 28 heavy (non-hydrogen) atoms. The summed E-state index contributed by atoms with van der Waals surface area (Å²) < 4.78 is 0. The Bertz CT molecular complexity index is 816. The largest absolute Gasteiger partial charge is 0.372 e. The number of carbonyl (C=O) groups is 2. The number of nitrogens with one attached hydrogen (secondary N) is 2. The highest BCUT2D eigenvalue weighted by atomic mass is 16.2. The molecule has 0 aliphatic carbocycles. The smallest absolute Gasteiger partial charge is 0.274 e. The van der Waals surface area contributed by atoms with Gasteiger partial charge in [0.25, 0.3) is 11.8 Å². The maximum Gasteiger partial charge on any atom is 0.274 e. The van der Waals surface area contributed by atoms with Gasteiger partial charge in [-0.05, 0) is 63.1 Å². The average Bonchev–Trinajstić information content (AvgIpc) is 2.71. The Morgan fingerprint density at radius 2 is 1.79 bits per heavy atom. The first-order valence-electron chi connectivity index (χ1n) is 9.91. The summed E-state index contributed by atoms with van der Waals surface area (Å²) in [5, 5.41) is 5.75. The zero-order valence-corrected chi connectivity index (χ0v) is 17.2. The van der Waals surface area contributed by atoms with E-state index in [2.05, 4.69) is 47.4 Å². The van der Waals surface area contributed by atoms with Crippen LogP contribution in [-0.4, -0.2) is 36.4 Å². The quantitative estimate of drug-likeness (QED) is 0.643. The minimum atomic E-state index is -0.332. The molecule has 2 amide bonds. The molecule has 0 saturated heterocycles. The van der Waals surface area contributed by atoms with Crippen LogP contribution in [0.4, 0.5) is 11.4 Å². The lowest BCUT2D eigenvalue weighted by Gasteiger charge is -2.22. The van der Waals surface area contributed by atoms with Crippen molar-refractivity contribution in [2.75, 3.05) is 29.9 Å². The second-order valence-electron chi connectivity index (χ2n) is 6.66. The molecule has 1 aromatic carbocycles. The molecule has 0 unspecified atom stereocenters. The van der Waals surface area contributed by atoms with Gasteiger partial charge in [-0.2, -0.15) is 0 Å². The van der Waals surface area contributed by atoms with Gasteiger partial charge < -0.3 is 15.5 Å². The lowest BCUT2D eigenvalue weighted by molar-refractivity contribution is 0.0953. The summed E-state index contributed by atoms with van der Waals surface area (Å²) >= 11 is 0. The Labute approximate surface area is 167 Å². The van der Waals surface area contributed by atoms with Crippen LogP contribution in [-0.2, 0) is 0 Å². The molecule has 1 aromatic heterocycles. The van der Waals surface area contributed by atoms with E-state index in [4.69, 9.17) is 0 Å². The number of hydrogen-bond acceptors (Lipinski definition) is 4. The standard InChI is InChI=1S/C22H30N4O2/c1-5-8-12-24-21(27)17-11-13-23-20(15-17)22(28)25-19-10-9-18(14-16(19)4)26(6-2)7-3/h9-11,13-15H,5-8,12H2,1-4H3,(H,24,27)(H,25,28). The fourth-order valence-corrected chi connectivity index (χ4v) is 2.94. The molecule has 2 N–H and O–H groups in total. The van der Waals surface area contributed by atoms with E-state index in [1.807, 2.05) is 19.1 Å². The second-order valence-corrected chi connectivity index (χ2v) is 6.66. The third-order valence-electron chi connectivity index (χ3n) is 4.66. The molecule has 6 nitrogen and oxygen atoms in total. The summed E-state index contributed by atoms with van der Waals surface area (Å²) in [6.45, 7) is 10.7. The average molecular weight is 383 g/mol. The number of carbonyl (C=O) groups excluding carboxylic acids is 2. The molecule has 0 radical (unpaired) electrons. The van der Waals surface area contributed by atoms with Crippen LogP contribution in [0, 0.1) is 6.92 Å². The van der Waals surface area contributed by atoms with E-state index in [9.17, 15) is 9.59 Å². The van der Waals surface area contributed by atoms with Crippen LogP contribution in [0.15, 0.2) is 36.5 Å². The van der Waals surface area contributed by atoms with E-state index in [0.717, 1.165) is 42.9 Å². The van der Waals surface area contributed by atoms with Crippen LogP contribution >= 0.6 is 0 Å². The van der Waals surface area contributed by atoms with Crippen LogP contribution in [0.5, 0.6) is 0 Å². The Hall–Kier alpha value is -2.89. The maximum absolute atomic E-state index is 12.6. The van der Waals surface area contributed by atoms with E-state index in [1.165, 1.54) is 12.3 Å². The fraction of sp³-hybridized carbons (Fsp3) is 0.409. The van der Waals surface area contributed by atoms with Crippen molar-refractivity contribution in [3.8, 4) is 0 Å². The van der Waals surface area contributed by atoms with Crippen molar-refractivity contribution in [2.24, 2.45) is 0 Å². The van der Waals surface area contributed by atoms with E-state index >= 15 is 0 Å². The van der Waals surface area contributed by atoms with Crippen LogP contribution in [0.3, 0.4) is 0 Å². The molecule has 0 spiro atoms. The molecule has 0 saturated carbocycles. The molecule has 0 aliphatic heterocycles. The van der Waals surface area contributed by atoms with E-state index < -0.39 is 0 Å². The van der Waals surface area contributed by atoms with Gasteiger partial charge in [0.2, 0.25) is 0 Å². The zero-order chi connectivity index (χ0) is 20.5. The monoisotopic (exact) mass is 382 g/mol. The number of rotatable bonds is 9. The van der Waals surface area contributed by atoms with Gasteiger partial charge >= 0.3 is 0 Å². The van der Waals surface area contributed by atoms with Crippen molar-refractivity contribution in [2.45, 2.75) is 40.5 Å². The van der Waals surface area contributed by atoms with Gasteiger partial charge in [-0.3, -0.25) is 14.6 Å². The van der Waals surface area contributed by atoms with Gasteiger partial charge in [0.15, 0.2) is 0 Å². The van der Waals surface area contributed by atoms with Crippen molar-refractivity contribution in [3.63, 3.8) is 0 Å². The van der Waals surface area contributed by atoms with Crippen molar-refractivity contribution in [1.82, 2.24) is 10.3 Å². The third kappa shape index (κ3) is 5.55. The summed E-state index contributed by atoms with van der Waals surface area (Å²) in [5.74, 6) is -0.522. The minimum Gasteiger partial charge on any atom is -0.372 e. The summed E-state index contributed by atoms with van der Waals surface area (Å²) in [4.78, 5) is 31.2. The van der Waals surface area contributed by atoms with Crippen molar-refractivity contribution >= 4 is 23.2 Å². The van der Waals surface area contributed by atoms with Gasteiger partial charge in [0.1, 0.15) is 5.69 Å². The van der Waals surface area contributed by atoms with Gasteiger partial charge in [-0.15, -0.1) is 0 Å². The Morgan fingerprint density at radius 1 is 1.04 bits per heavy atom. The van der Waals surface area contributed by atoms with E-state index in [0.29, 0.717) is 12.1 Å². The number of benzene rings is 1. The lowest BCUT2D eigenvalue weighted by atomic mass is 10.1. The summed E-state index contributed by atoms with van der Waals surface area (Å²) in [6.07, 6.45) is 3.42. The molecule has 2 rings (SSSR count). The van der Waals surface area contributed by atoms with Crippen molar-refractivity contribution in [1.29, 1.82) is 0 Å². The molecule has 0 fully saturated rings. The Kier molecular flexibility index (Phi) is 7.99. The summed E-state index contributed by atoms with van der Waals surface area (Å²) in [5.41, 5.74) is 3.50. The fourth-order valence-electron chi connectivity index (χ4n) is 2.94. The molecular formula is C22H30N4O2. The SMILES string of the molecule is CCCCNC(=O)c1ccnc(C(=O)Nc2ccc(N(CC)CC)cc2C)c1. The van der Waals surface area contributed by atoms with Crippen molar-refractivity contribution < 1.29 is 9.59 Å². The predicted molar refractivity (Wildman–Crippen MR) is 114 cm³/mol. The second kappa shape index (κ2) is 10.4. The lowest BCUT2D eigenvalue weighted by Crippen LogP contribution is -2.25. The molecule has 0 atom stereocenters. The van der Waals surface area contributed by atoms with Crippen LogP contribution in [0.25, 0.3) is 0 Å². The number of nitrogens with zero attached hydrogens (tertiary/aromatic N) is 2. The molecule has 2 aromatic rings. The third-order valence-corrected chi connectivity index (χ3v) is 4.66. The molecule has 0 aliphatic rings. The van der Waals surface area contributed by atoms with Gasteiger partial charge in [0, 0.05) is 42.8 Å². The number of aromatic nitrogens is 1. The highest BCUT2D eigenvalue weighted by Gasteiger charge is 2.13. The topological polar surface area (TPSA) is 74.3 Å². The predicted octanol–water partition coefficient (Wildman–Crippen LogP) is 4.02. The zero-order valence-electron chi connectivity index (χ0n) is 17.2.